The number of benzene rings is 9. The van der Waals surface area contributed by atoms with Crippen LogP contribution < -0.4 is 9.64 Å². The minimum absolute atomic E-state index is 0.0323. The molecule has 9 aromatic rings. The third-order valence-corrected chi connectivity index (χ3v) is 12.6. The predicted octanol–water partition coefficient (Wildman–Crippen LogP) is 16.7. The first-order chi connectivity index (χ1) is 31.7. The highest BCUT2D eigenvalue weighted by molar-refractivity contribution is 5.92. The minimum atomic E-state index is -0.0323. The molecule has 0 bridgehead atoms. The molecule has 11 rings (SSSR count). The molecule has 304 valence electrons. The van der Waals surface area contributed by atoms with Gasteiger partial charge in [-0.15, -0.1) is 0 Å². The molecule has 1 aliphatic heterocycles. The standard InChI is InChI=1S/C62H45NO/c1-2-3-14-43-23-25-44(26-24-43)45-27-33-53(34-28-45)63(54-35-29-46(30-36-54)51-31-37-55(47-15-6-4-7-16-47)57(39-51)48-17-8-5-9-18-48)60-22-13-12-21-56(60)52-32-38-61-58(41-52)59-40-49-19-10-11-20-50(49)42-62(59)64-61/h2-42,58,61H,1H2/b14-3-. The smallest absolute Gasteiger partial charge is 0.128 e. The van der Waals surface area contributed by atoms with E-state index in [0.717, 1.165) is 45.1 Å². The molecule has 2 aliphatic rings. The summed E-state index contributed by atoms with van der Waals surface area (Å²) < 4.78 is 6.55. The molecular formula is C62H45NO. The summed E-state index contributed by atoms with van der Waals surface area (Å²) in [5.41, 5.74) is 17.5. The van der Waals surface area contributed by atoms with Gasteiger partial charge in [0.25, 0.3) is 0 Å². The molecule has 2 atom stereocenters. The van der Waals surface area contributed by atoms with E-state index in [0.29, 0.717) is 0 Å². The van der Waals surface area contributed by atoms with Gasteiger partial charge in [-0.3, -0.25) is 0 Å². The highest BCUT2D eigenvalue weighted by Crippen LogP contribution is 2.48. The summed E-state index contributed by atoms with van der Waals surface area (Å²) in [5.74, 6) is 1.09. The Labute approximate surface area is 375 Å². The van der Waals surface area contributed by atoms with Crippen molar-refractivity contribution < 1.29 is 4.74 Å². The molecule has 1 aliphatic carbocycles. The van der Waals surface area contributed by atoms with Gasteiger partial charge in [-0.1, -0.05) is 201 Å². The van der Waals surface area contributed by atoms with E-state index >= 15 is 0 Å². The molecule has 2 nitrogen and oxygen atoms in total. The van der Waals surface area contributed by atoms with Gasteiger partial charge in [0.15, 0.2) is 0 Å². The van der Waals surface area contributed by atoms with E-state index in [-0.39, 0.29) is 12.0 Å². The number of para-hydroxylation sites is 1. The zero-order valence-electron chi connectivity index (χ0n) is 35.4. The molecule has 0 radical (unpaired) electrons. The Bertz CT molecular complexity index is 3230. The molecule has 0 fully saturated rings. The molecule has 0 aromatic heterocycles. The van der Waals surface area contributed by atoms with Crippen molar-refractivity contribution in [2.24, 2.45) is 0 Å². The molecule has 2 unspecified atom stereocenters. The second-order valence-corrected chi connectivity index (χ2v) is 16.5. The van der Waals surface area contributed by atoms with Crippen LogP contribution >= 0.6 is 0 Å². The van der Waals surface area contributed by atoms with Gasteiger partial charge in [0.2, 0.25) is 0 Å². The van der Waals surface area contributed by atoms with Crippen LogP contribution in [0.1, 0.15) is 22.6 Å². The average molecular weight is 820 g/mol. The highest BCUT2D eigenvalue weighted by atomic mass is 16.5. The lowest BCUT2D eigenvalue weighted by Crippen LogP contribution is -2.18. The van der Waals surface area contributed by atoms with Crippen LogP contribution in [0.2, 0.25) is 0 Å². The molecule has 2 heteroatoms. The van der Waals surface area contributed by atoms with Gasteiger partial charge in [-0.2, -0.15) is 0 Å². The van der Waals surface area contributed by atoms with Crippen LogP contribution in [-0.2, 0) is 0 Å². The number of hydrogen-bond donors (Lipinski definition) is 0. The summed E-state index contributed by atoms with van der Waals surface area (Å²) in [5, 5.41) is 2.43. The quantitative estimate of drug-likeness (QED) is 0.127. The van der Waals surface area contributed by atoms with Crippen molar-refractivity contribution >= 4 is 39.5 Å². The molecule has 1 heterocycles. The highest BCUT2D eigenvalue weighted by Gasteiger charge is 2.34. The van der Waals surface area contributed by atoms with Gasteiger partial charge in [0, 0.05) is 28.4 Å². The zero-order valence-corrected chi connectivity index (χ0v) is 35.4. The van der Waals surface area contributed by atoms with Crippen LogP contribution in [-0.4, -0.2) is 6.10 Å². The van der Waals surface area contributed by atoms with Crippen molar-refractivity contribution in [2.45, 2.75) is 12.0 Å². The van der Waals surface area contributed by atoms with E-state index in [4.69, 9.17) is 4.74 Å². The van der Waals surface area contributed by atoms with E-state index < -0.39 is 0 Å². The van der Waals surface area contributed by atoms with Crippen molar-refractivity contribution in [3.8, 4) is 50.3 Å². The summed E-state index contributed by atoms with van der Waals surface area (Å²) in [4.78, 5) is 2.40. The number of hydrogen-bond acceptors (Lipinski definition) is 2. The molecular weight excluding hydrogens is 775 g/mol. The number of fused-ring (bicyclic) bond motifs is 4. The second kappa shape index (κ2) is 16.9. The Balaban J connectivity index is 0.991. The zero-order chi connectivity index (χ0) is 42.8. The Hall–Kier alpha value is -8.20. The first kappa shape index (κ1) is 38.7. The van der Waals surface area contributed by atoms with Crippen LogP contribution in [0.3, 0.4) is 0 Å². The Morgan fingerprint density at radius 3 is 1.70 bits per heavy atom. The van der Waals surface area contributed by atoms with Crippen molar-refractivity contribution in [1.29, 1.82) is 0 Å². The predicted molar refractivity (Wildman–Crippen MR) is 270 cm³/mol. The van der Waals surface area contributed by atoms with Crippen molar-refractivity contribution in [2.75, 3.05) is 4.90 Å². The van der Waals surface area contributed by atoms with E-state index in [1.807, 2.05) is 6.08 Å². The summed E-state index contributed by atoms with van der Waals surface area (Å²) in [6.07, 6.45) is 12.7. The molecule has 0 amide bonds. The van der Waals surface area contributed by atoms with E-state index in [2.05, 4.69) is 248 Å². The maximum atomic E-state index is 6.55. The fourth-order valence-corrected chi connectivity index (χ4v) is 9.33. The van der Waals surface area contributed by atoms with Gasteiger partial charge < -0.3 is 9.64 Å². The third-order valence-electron chi connectivity index (χ3n) is 12.6. The fraction of sp³-hybridized carbons (Fsp3) is 0.0323. The Kier molecular flexibility index (Phi) is 10.2. The Morgan fingerprint density at radius 1 is 0.469 bits per heavy atom. The van der Waals surface area contributed by atoms with Crippen LogP contribution in [0.25, 0.3) is 66.9 Å². The molecule has 0 N–H and O–H groups in total. The lowest BCUT2D eigenvalue weighted by Gasteiger charge is -2.29. The van der Waals surface area contributed by atoms with Crippen molar-refractivity contribution in [3.05, 3.63) is 266 Å². The van der Waals surface area contributed by atoms with E-state index in [1.165, 1.54) is 55.3 Å². The maximum absolute atomic E-state index is 6.55. The molecule has 0 saturated heterocycles. The lowest BCUT2D eigenvalue weighted by molar-refractivity contribution is 0.269. The molecule has 0 spiro atoms. The molecule has 9 aromatic carbocycles. The third kappa shape index (κ3) is 7.46. The summed E-state index contributed by atoms with van der Waals surface area (Å²) in [6, 6.07) is 76.7. The molecule has 64 heavy (non-hydrogen) atoms. The normalized spacial score (nSPS) is 15.0. The number of ether oxygens (including phenoxy) is 1. The summed E-state index contributed by atoms with van der Waals surface area (Å²) in [7, 11) is 0. The topological polar surface area (TPSA) is 12.5 Å². The van der Waals surface area contributed by atoms with E-state index in [1.54, 1.807) is 6.08 Å². The first-order valence-corrected chi connectivity index (χ1v) is 22.0. The van der Waals surface area contributed by atoms with Gasteiger partial charge in [-0.05, 0) is 121 Å². The van der Waals surface area contributed by atoms with Gasteiger partial charge in [0.1, 0.15) is 11.9 Å². The maximum Gasteiger partial charge on any atom is 0.128 e. The second-order valence-electron chi connectivity index (χ2n) is 16.5. The van der Waals surface area contributed by atoms with Crippen LogP contribution in [0, 0.1) is 0 Å². The first-order valence-electron chi connectivity index (χ1n) is 22.0. The lowest BCUT2D eigenvalue weighted by atomic mass is 9.85. The van der Waals surface area contributed by atoms with Crippen LogP contribution in [0.4, 0.5) is 17.1 Å². The number of allylic oxidation sites excluding steroid dienone is 4. The number of nitrogens with zero attached hydrogens (tertiary/aromatic N) is 1. The number of rotatable bonds is 10. The van der Waals surface area contributed by atoms with Crippen molar-refractivity contribution in [3.63, 3.8) is 0 Å². The van der Waals surface area contributed by atoms with Crippen LogP contribution in [0.5, 0.6) is 5.75 Å². The van der Waals surface area contributed by atoms with Gasteiger partial charge in [-0.25, -0.2) is 0 Å². The van der Waals surface area contributed by atoms with Gasteiger partial charge in [0.05, 0.1) is 5.69 Å². The minimum Gasteiger partial charge on any atom is -0.485 e. The summed E-state index contributed by atoms with van der Waals surface area (Å²) >= 11 is 0. The van der Waals surface area contributed by atoms with Crippen LogP contribution in [0.15, 0.2) is 249 Å². The monoisotopic (exact) mass is 819 g/mol. The SMILES string of the molecule is C=C/C=C\c1ccc(-c2ccc(N(c3ccc(-c4ccc(-c5ccccc5)c(-c5ccccc5)c4)cc3)c3ccccc3C3=CC4c5cc6ccccc6cc5OC4C=C3)cc2)cc1. The van der Waals surface area contributed by atoms with Gasteiger partial charge >= 0.3 is 0 Å². The average Bonchev–Trinajstić information content (AvgIpc) is 3.72. The van der Waals surface area contributed by atoms with E-state index in [9.17, 15) is 0 Å². The summed E-state index contributed by atoms with van der Waals surface area (Å²) in [6.45, 7) is 3.81. The molecule has 0 saturated carbocycles. The number of anilines is 3. The largest absolute Gasteiger partial charge is 0.485 e. The Morgan fingerprint density at radius 2 is 1.03 bits per heavy atom. The van der Waals surface area contributed by atoms with Crippen molar-refractivity contribution in [1.82, 2.24) is 0 Å². The fourth-order valence-electron chi connectivity index (χ4n) is 9.33.